The summed E-state index contributed by atoms with van der Waals surface area (Å²) in [7, 11) is -3.40. The number of hydrogen-bond donors (Lipinski definition) is 0. The lowest BCUT2D eigenvalue weighted by Gasteiger charge is -2.37. The van der Waals surface area contributed by atoms with Gasteiger partial charge >= 0.3 is 0 Å². The van der Waals surface area contributed by atoms with Crippen molar-refractivity contribution >= 4 is 10.2 Å². The van der Waals surface area contributed by atoms with Gasteiger partial charge in [-0.05, 0) is 31.7 Å². The van der Waals surface area contributed by atoms with Gasteiger partial charge in [-0.3, -0.25) is 0 Å². The fourth-order valence-electron chi connectivity index (χ4n) is 3.28. The van der Waals surface area contributed by atoms with E-state index < -0.39 is 10.2 Å². The van der Waals surface area contributed by atoms with Gasteiger partial charge in [0.25, 0.3) is 10.2 Å². The second-order valence-corrected chi connectivity index (χ2v) is 8.21. The SMILES string of the molecule is CC1CN(S(=O)(=O)N2CCC(c3ccccc3)C2)C(C)CO1. The van der Waals surface area contributed by atoms with E-state index in [1.54, 1.807) is 8.61 Å². The molecule has 0 amide bonds. The van der Waals surface area contributed by atoms with Gasteiger partial charge in [0.05, 0.1) is 12.7 Å². The lowest BCUT2D eigenvalue weighted by atomic mass is 9.99. The van der Waals surface area contributed by atoms with Crippen molar-refractivity contribution in [2.24, 2.45) is 0 Å². The number of ether oxygens (including phenoxy) is 1. The molecule has 0 aliphatic carbocycles. The zero-order chi connectivity index (χ0) is 15.7. The van der Waals surface area contributed by atoms with Gasteiger partial charge in [-0.15, -0.1) is 0 Å². The van der Waals surface area contributed by atoms with Gasteiger partial charge in [-0.25, -0.2) is 0 Å². The quantitative estimate of drug-likeness (QED) is 0.852. The average molecular weight is 324 g/mol. The van der Waals surface area contributed by atoms with Crippen LogP contribution in [0.5, 0.6) is 0 Å². The normalized spacial score (nSPS) is 31.5. The maximum atomic E-state index is 12.9. The van der Waals surface area contributed by atoms with Crippen LogP contribution in [0.3, 0.4) is 0 Å². The summed E-state index contributed by atoms with van der Waals surface area (Å²) in [5, 5.41) is 0. The third kappa shape index (κ3) is 3.06. The molecule has 22 heavy (non-hydrogen) atoms. The highest BCUT2D eigenvalue weighted by molar-refractivity contribution is 7.86. The molecule has 0 saturated carbocycles. The average Bonchev–Trinajstić information content (AvgIpc) is 3.01. The highest BCUT2D eigenvalue weighted by Gasteiger charge is 2.40. The Hall–Kier alpha value is -0.950. The molecule has 2 aliphatic heterocycles. The molecule has 2 aliphatic rings. The molecule has 1 aromatic rings. The molecule has 6 heteroatoms. The summed E-state index contributed by atoms with van der Waals surface area (Å²) >= 11 is 0. The first-order valence-corrected chi connectivity index (χ1v) is 9.31. The van der Waals surface area contributed by atoms with Crippen molar-refractivity contribution in [1.82, 2.24) is 8.61 Å². The Morgan fingerprint density at radius 2 is 1.86 bits per heavy atom. The van der Waals surface area contributed by atoms with Crippen molar-refractivity contribution < 1.29 is 13.2 Å². The minimum atomic E-state index is -3.40. The highest BCUT2D eigenvalue weighted by atomic mass is 32.2. The van der Waals surface area contributed by atoms with Gasteiger partial charge in [0.2, 0.25) is 0 Å². The molecule has 3 rings (SSSR count). The van der Waals surface area contributed by atoms with Crippen LogP contribution in [0, 0.1) is 0 Å². The molecule has 1 aromatic carbocycles. The van der Waals surface area contributed by atoms with Gasteiger partial charge in [0.15, 0.2) is 0 Å². The zero-order valence-electron chi connectivity index (χ0n) is 13.2. The molecule has 0 aromatic heterocycles. The summed E-state index contributed by atoms with van der Waals surface area (Å²) < 4.78 is 34.6. The monoisotopic (exact) mass is 324 g/mol. The Labute approximate surface area is 133 Å². The maximum absolute atomic E-state index is 12.9. The summed E-state index contributed by atoms with van der Waals surface area (Å²) in [6, 6.07) is 10.1. The van der Waals surface area contributed by atoms with Crippen LogP contribution in [0.2, 0.25) is 0 Å². The Kier molecular flexibility index (Phi) is 4.54. The summed E-state index contributed by atoms with van der Waals surface area (Å²) in [5.41, 5.74) is 1.23. The van der Waals surface area contributed by atoms with Gasteiger partial charge in [0, 0.05) is 25.7 Å². The van der Waals surface area contributed by atoms with Crippen LogP contribution in [0.25, 0.3) is 0 Å². The predicted octanol–water partition coefficient (Wildman–Crippen LogP) is 1.83. The Bertz CT molecular complexity index is 605. The van der Waals surface area contributed by atoms with Crippen LogP contribution in [-0.4, -0.2) is 55.4 Å². The van der Waals surface area contributed by atoms with Crippen LogP contribution in [0.1, 0.15) is 31.7 Å². The van der Waals surface area contributed by atoms with E-state index in [0.29, 0.717) is 32.2 Å². The Morgan fingerprint density at radius 1 is 1.14 bits per heavy atom. The first-order chi connectivity index (χ1) is 10.5. The van der Waals surface area contributed by atoms with E-state index in [0.717, 1.165) is 6.42 Å². The first kappa shape index (κ1) is 15.9. The van der Waals surface area contributed by atoms with Crippen LogP contribution < -0.4 is 0 Å². The highest BCUT2D eigenvalue weighted by Crippen LogP contribution is 2.30. The Morgan fingerprint density at radius 3 is 2.59 bits per heavy atom. The lowest BCUT2D eigenvalue weighted by molar-refractivity contribution is -0.0188. The van der Waals surface area contributed by atoms with Crippen LogP contribution >= 0.6 is 0 Å². The molecule has 3 unspecified atom stereocenters. The molecule has 122 valence electrons. The third-order valence-corrected chi connectivity index (χ3v) is 6.68. The standard InChI is InChI=1S/C16H24N2O3S/c1-13-12-21-14(2)10-18(13)22(19,20)17-9-8-16(11-17)15-6-4-3-5-7-15/h3-7,13-14,16H,8-12H2,1-2H3. The molecule has 2 fully saturated rings. The summed E-state index contributed by atoms with van der Waals surface area (Å²) in [6.07, 6.45) is 0.843. The van der Waals surface area contributed by atoms with Gasteiger partial charge in [0.1, 0.15) is 0 Å². The van der Waals surface area contributed by atoms with E-state index in [-0.39, 0.29) is 12.1 Å². The number of hydrogen-bond acceptors (Lipinski definition) is 3. The summed E-state index contributed by atoms with van der Waals surface area (Å²) in [4.78, 5) is 0. The molecule has 5 nitrogen and oxygen atoms in total. The smallest absolute Gasteiger partial charge is 0.282 e. The zero-order valence-corrected chi connectivity index (χ0v) is 14.0. The summed E-state index contributed by atoms with van der Waals surface area (Å²) in [5.74, 6) is 0.296. The molecule has 2 heterocycles. The summed E-state index contributed by atoms with van der Waals surface area (Å²) in [6.45, 7) is 5.91. The number of morpholine rings is 1. The third-order valence-electron chi connectivity index (χ3n) is 4.60. The topological polar surface area (TPSA) is 49.9 Å². The van der Waals surface area contributed by atoms with E-state index in [2.05, 4.69) is 12.1 Å². The van der Waals surface area contributed by atoms with Gasteiger partial charge in [-0.1, -0.05) is 30.3 Å². The number of nitrogens with zero attached hydrogens (tertiary/aromatic N) is 2. The van der Waals surface area contributed by atoms with Crippen molar-refractivity contribution in [3.05, 3.63) is 35.9 Å². The van der Waals surface area contributed by atoms with Crippen molar-refractivity contribution in [3.63, 3.8) is 0 Å². The van der Waals surface area contributed by atoms with Crippen molar-refractivity contribution in [2.45, 2.75) is 38.3 Å². The van der Waals surface area contributed by atoms with Crippen LogP contribution in [0.4, 0.5) is 0 Å². The molecular formula is C16H24N2O3S. The largest absolute Gasteiger partial charge is 0.375 e. The molecule has 0 bridgehead atoms. The molecule has 0 radical (unpaired) electrons. The lowest BCUT2D eigenvalue weighted by Crippen LogP contribution is -2.54. The minimum Gasteiger partial charge on any atom is -0.375 e. The van der Waals surface area contributed by atoms with E-state index in [1.165, 1.54) is 5.56 Å². The molecule has 0 spiro atoms. The second kappa shape index (κ2) is 6.28. The first-order valence-electron chi connectivity index (χ1n) is 7.92. The van der Waals surface area contributed by atoms with Crippen molar-refractivity contribution in [3.8, 4) is 0 Å². The number of benzene rings is 1. The van der Waals surface area contributed by atoms with E-state index in [9.17, 15) is 8.42 Å². The second-order valence-electron chi connectivity index (χ2n) is 6.32. The maximum Gasteiger partial charge on any atom is 0.282 e. The van der Waals surface area contributed by atoms with Crippen molar-refractivity contribution in [1.29, 1.82) is 0 Å². The predicted molar refractivity (Wildman–Crippen MR) is 85.9 cm³/mol. The minimum absolute atomic E-state index is 0.0431. The molecule has 0 N–H and O–H groups in total. The van der Waals surface area contributed by atoms with Gasteiger partial charge in [-0.2, -0.15) is 17.0 Å². The fraction of sp³-hybridized carbons (Fsp3) is 0.625. The fourth-order valence-corrected chi connectivity index (χ4v) is 5.19. The van der Waals surface area contributed by atoms with Crippen molar-refractivity contribution in [2.75, 3.05) is 26.2 Å². The van der Waals surface area contributed by atoms with Gasteiger partial charge < -0.3 is 4.74 Å². The molecule has 2 saturated heterocycles. The van der Waals surface area contributed by atoms with Crippen LogP contribution in [-0.2, 0) is 14.9 Å². The van der Waals surface area contributed by atoms with E-state index >= 15 is 0 Å². The van der Waals surface area contributed by atoms with E-state index in [4.69, 9.17) is 4.74 Å². The number of rotatable bonds is 3. The molecule has 3 atom stereocenters. The van der Waals surface area contributed by atoms with E-state index in [1.807, 2.05) is 32.0 Å². The van der Waals surface area contributed by atoms with Crippen LogP contribution in [0.15, 0.2) is 30.3 Å². The molecular weight excluding hydrogens is 300 g/mol. The Balaban J connectivity index is 1.74.